The molecule has 1 aliphatic heterocycles. The minimum absolute atomic E-state index is 0.263. The first-order valence-electron chi connectivity index (χ1n) is 13.7. The van der Waals surface area contributed by atoms with E-state index in [1.807, 2.05) is 24.3 Å². The number of nitrogens with zero attached hydrogens (tertiary/aromatic N) is 2. The number of aromatic nitrogens is 1. The first kappa shape index (κ1) is 27.9. The zero-order chi connectivity index (χ0) is 26.7. The van der Waals surface area contributed by atoms with E-state index in [0.29, 0.717) is 32.5 Å². The molecule has 0 unspecified atom stereocenters. The molecule has 9 nitrogen and oxygen atoms in total. The van der Waals surface area contributed by atoms with Gasteiger partial charge in [-0.2, -0.15) is 0 Å². The first-order chi connectivity index (χ1) is 18.5. The Bertz CT molecular complexity index is 1050. The number of anilines is 1. The number of carbonyl (C=O) groups excluding carboxylic acids is 1. The van der Waals surface area contributed by atoms with Crippen molar-refractivity contribution in [3.8, 4) is 0 Å². The van der Waals surface area contributed by atoms with Gasteiger partial charge in [-0.25, -0.2) is 14.6 Å². The quantitative estimate of drug-likeness (QED) is 0.322. The highest BCUT2D eigenvalue weighted by molar-refractivity contribution is 5.80. The van der Waals surface area contributed by atoms with Crippen molar-refractivity contribution in [1.82, 2.24) is 15.2 Å². The van der Waals surface area contributed by atoms with E-state index in [4.69, 9.17) is 14.5 Å². The van der Waals surface area contributed by atoms with E-state index in [0.717, 1.165) is 56.7 Å². The van der Waals surface area contributed by atoms with Gasteiger partial charge in [-0.15, -0.1) is 0 Å². The number of unbranched alkanes of at least 4 members (excludes halogenated alkanes) is 1. The molecule has 2 heterocycles. The van der Waals surface area contributed by atoms with Gasteiger partial charge < -0.3 is 30.1 Å². The highest BCUT2D eigenvalue weighted by Gasteiger charge is 2.27. The van der Waals surface area contributed by atoms with E-state index in [9.17, 15) is 14.7 Å². The summed E-state index contributed by atoms with van der Waals surface area (Å²) >= 11 is 0. The summed E-state index contributed by atoms with van der Waals surface area (Å²) in [7, 11) is 1.66. The number of aryl methyl sites for hydroxylation is 2. The van der Waals surface area contributed by atoms with Crippen LogP contribution >= 0.6 is 0 Å². The van der Waals surface area contributed by atoms with Crippen LogP contribution in [-0.4, -0.2) is 79.1 Å². The average molecular weight is 525 g/mol. The van der Waals surface area contributed by atoms with Crippen molar-refractivity contribution in [2.45, 2.75) is 63.5 Å². The van der Waals surface area contributed by atoms with E-state index in [1.54, 1.807) is 7.11 Å². The number of rotatable bonds is 14. The normalized spacial score (nSPS) is 15.4. The topological polar surface area (TPSA) is 113 Å². The third-order valence-electron chi connectivity index (χ3n) is 7.33. The molecule has 9 heteroatoms. The Labute approximate surface area is 224 Å². The van der Waals surface area contributed by atoms with E-state index < -0.39 is 18.1 Å². The van der Waals surface area contributed by atoms with E-state index in [1.165, 1.54) is 16.7 Å². The molecule has 38 heavy (non-hydrogen) atoms. The van der Waals surface area contributed by atoms with Crippen molar-refractivity contribution in [1.29, 1.82) is 0 Å². The molecule has 0 saturated carbocycles. The monoisotopic (exact) mass is 524 g/mol. The molecule has 1 atom stereocenters. The summed E-state index contributed by atoms with van der Waals surface area (Å²) in [6.45, 7) is 3.61. The van der Waals surface area contributed by atoms with Crippen LogP contribution in [0.5, 0.6) is 0 Å². The number of hydrogen-bond donors (Lipinski definition) is 3. The lowest BCUT2D eigenvalue weighted by molar-refractivity contribution is -0.139. The number of carbonyl (C=O) groups is 2. The number of amides is 1. The van der Waals surface area contributed by atoms with Gasteiger partial charge in [0.15, 0.2) is 0 Å². The summed E-state index contributed by atoms with van der Waals surface area (Å²) in [5.74, 6) is -0.0332. The van der Waals surface area contributed by atoms with Crippen LogP contribution in [0.1, 0.15) is 48.1 Å². The molecular formula is C29H40N4O5. The molecule has 206 valence electrons. The van der Waals surface area contributed by atoms with Crippen LogP contribution in [-0.2, 0) is 40.0 Å². The van der Waals surface area contributed by atoms with Crippen molar-refractivity contribution >= 4 is 17.9 Å². The molecule has 1 aliphatic carbocycles. The van der Waals surface area contributed by atoms with E-state index in [2.05, 4.69) is 27.7 Å². The number of aliphatic carboxylic acids is 1. The Morgan fingerprint density at radius 2 is 1.89 bits per heavy atom. The predicted molar refractivity (Wildman–Crippen MR) is 146 cm³/mol. The van der Waals surface area contributed by atoms with Crippen LogP contribution in [0.2, 0.25) is 0 Å². The van der Waals surface area contributed by atoms with Gasteiger partial charge in [0.2, 0.25) is 0 Å². The average Bonchev–Trinajstić information content (AvgIpc) is 3.33. The molecule has 2 aromatic rings. The molecule has 1 amide bonds. The Balaban J connectivity index is 1.20. The van der Waals surface area contributed by atoms with Crippen molar-refractivity contribution in [3.05, 3.63) is 58.8 Å². The number of methoxy groups -OCH3 is 1. The van der Waals surface area contributed by atoms with Gasteiger partial charge in [-0.05, 0) is 67.8 Å². The lowest BCUT2D eigenvalue weighted by Crippen LogP contribution is -2.44. The lowest BCUT2D eigenvalue weighted by atomic mass is 10.1. The molecule has 0 fully saturated rings. The second-order valence-corrected chi connectivity index (χ2v) is 10.2. The largest absolute Gasteiger partial charge is 0.480 e. The summed E-state index contributed by atoms with van der Waals surface area (Å²) in [5, 5.41) is 15.7. The molecule has 3 N–H and O–H groups in total. The van der Waals surface area contributed by atoms with Crippen LogP contribution in [0.15, 0.2) is 36.4 Å². The van der Waals surface area contributed by atoms with Gasteiger partial charge in [0.1, 0.15) is 18.0 Å². The zero-order valence-corrected chi connectivity index (χ0v) is 22.3. The fourth-order valence-corrected chi connectivity index (χ4v) is 5.20. The third-order valence-corrected chi connectivity index (χ3v) is 7.33. The van der Waals surface area contributed by atoms with E-state index >= 15 is 0 Å². The fraction of sp³-hybridized carbons (Fsp3) is 0.552. The second-order valence-electron chi connectivity index (χ2n) is 10.2. The number of alkyl carbamates (subject to hydrolysis) is 1. The number of ether oxygens (including phenoxy) is 2. The van der Waals surface area contributed by atoms with Gasteiger partial charge in [-0.1, -0.05) is 30.3 Å². The molecular weight excluding hydrogens is 484 g/mol. The minimum Gasteiger partial charge on any atom is -0.480 e. The van der Waals surface area contributed by atoms with Crippen LogP contribution in [0, 0.1) is 0 Å². The maximum absolute atomic E-state index is 12.5. The van der Waals surface area contributed by atoms with Crippen molar-refractivity contribution in [2.24, 2.45) is 0 Å². The van der Waals surface area contributed by atoms with E-state index in [-0.39, 0.29) is 12.5 Å². The summed E-state index contributed by atoms with van der Waals surface area (Å²) < 4.78 is 10.8. The molecule has 1 aromatic carbocycles. The zero-order valence-electron chi connectivity index (χ0n) is 22.3. The lowest BCUT2D eigenvalue weighted by Gasteiger charge is -2.24. The van der Waals surface area contributed by atoms with Gasteiger partial charge in [0.05, 0.1) is 6.61 Å². The molecule has 1 aromatic heterocycles. The van der Waals surface area contributed by atoms with Gasteiger partial charge in [0.25, 0.3) is 0 Å². The van der Waals surface area contributed by atoms with Gasteiger partial charge >= 0.3 is 12.1 Å². The SMILES string of the molecule is COCCN(CCCCc1ccc2c(n1)NCCC2)CC[C@H](NC(=O)OC1Cc2ccccc2C1)C(=O)O. The van der Waals surface area contributed by atoms with Gasteiger partial charge in [0, 0.05) is 45.3 Å². The standard InChI is InChI=1S/C29H40N4O5/c1-37-18-17-33(15-5-4-10-24-12-11-21-9-6-14-30-27(21)31-24)16-13-26(28(34)35)32-29(36)38-25-19-22-7-2-3-8-23(22)20-25/h2-3,7-8,11-12,25-26H,4-6,9-10,13-20H2,1H3,(H,30,31)(H,32,36)(H,34,35)/t26-/m0/s1. The number of pyridine rings is 1. The molecule has 0 radical (unpaired) electrons. The molecule has 0 saturated heterocycles. The fourth-order valence-electron chi connectivity index (χ4n) is 5.20. The maximum atomic E-state index is 12.5. The Hall–Kier alpha value is -3.17. The summed E-state index contributed by atoms with van der Waals surface area (Å²) in [6, 6.07) is 11.3. The van der Waals surface area contributed by atoms with Crippen molar-refractivity contribution in [3.63, 3.8) is 0 Å². The van der Waals surface area contributed by atoms with Crippen molar-refractivity contribution < 1.29 is 24.2 Å². The molecule has 2 aliphatic rings. The third kappa shape index (κ3) is 8.16. The second kappa shape index (κ2) is 14.1. The minimum atomic E-state index is -1.06. The smallest absolute Gasteiger partial charge is 0.408 e. The molecule has 0 bridgehead atoms. The van der Waals surface area contributed by atoms with Gasteiger partial charge in [-0.3, -0.25) is 0 Å². The Morgan fingerprint density at radius 3 is 2.63 bits per heavy atom. The maximum Gasteiger partial charge on any atom is 0.408 e. The van der Waals surface area contributed by atoms with Crippen LogP contribution < -0.4 is 10.6 Å². The number of carboxylic acid groups (broad SMARTS) is 1. The Morgan fingerprint density at radius 1 is 1.11 bits per heavy atom. The highest BCUT2D eigenvalue weighted by atomic mass is 16.6. The number of fused-ring (bicyclic) bond motifs is 2. The number of nitrogens with one attached hydrogen (secondary N) is 2. The number of carboxylic acids is 1. The molecule has 4 rings (SSSR count). The first-order valence-corrected chi connectivity index (χ1v) is 13.7. The predicted octanol–water partition coefficient (Wildman–Crippen LogP) is 3.45. The summed E-state index contributed by atoms with van der Waals surface area (Å²) in [5.41, 5.74) is 4.74. The van der Waals surface area contributed by atoms with Crippen LogP contribution in [0.4, 0.5) is 10.6 Å². The van der Waals surface area contributed by atoms with Crippen LogP contribution in [0.25, 0.3) is 0 Å². The highest BCUT2D eigenvalue weighted by Crippen LogP contribution is 2.24. The van der Waals surface area contributed by atoms with Crippen LogP contribution in [0.3, 0.4) is 0 Å². The number of hydrogen-bond acceptors (Lipinski definition) is 7. The summed E-state index contributed by atoms with van der Waals surface area (Å²) in [4.78, 5) is 31.3. The molecule has 0 spiro atoms. The van der Waals surface area contributed by atoms with Crippen molar-refractivity contribution in [2.75, 3.05) is 45.2 Å². The summed E-state index contributed by atoms with van der Waals surface area (Å²) in [6.07, 6.45) is 5.76. The Kier molecular flexibility index (Phi) is 10.3. The number of benzene rings is 1.